The molecular formula is C16H21N5O3S2. The van der Waals surface area contributed by atoms with Gasteiger partial charge in [0, 0.05) is 37.8 Å². The number of hydrogen-bond donors (Lipinski definition) is 1. The van der Waals surface area contributed by atoms with Crippen molar-refractivity contribution in [1.82, 2.24) is 14.5 Å². The number of sulfonamides is 1. The average molecular weight is 396 g/mol. The lowest BCUT2D eigenvalue weighted by Gasteiger charge is -2.44. The standard InChI is InChI=1S/C16H21N5O3S2/c1-11-9-20(10-12(2)21(11)14-7-5-4-6-8-14)26(23,24)16-19-18-15(25-16)17-13(3)22/h4-8,11-12H,9-10H2,1-3H3,(H,17,18,22). The van der Waals surface area contributed by atoms with Crippen LogP contribution in [0.2, 0.25) is 0 Å². The Labute approximate surface area is 156 Å². The van der Waals surface area contributed by atoms with E-state index in [9.17, 15) is 13.2 Å². The number of piperazine rings is 1. The molecule has 3 rings (SSSR count). The zero-order valence-corrected chi connectivity index (χ0v) is 16.4. The van der Waals surface area contributed by atoms with Crippen molar-refractivity contribution >= 4 is 38.1 Å². The van der Waals surface area contributed by atoms with E-state index in [1.807, 2.05) is 44.2 Å². The van der Waals surface area contributed by atoms with Crippen molar-refractivity contribution in [2.75, 3.05) is 23.3 Å². The molecule has 0 bridgehead atoms. The Hall–Kier alpha value is -2.04. The van der Waals surface area contributed by atoms with Crippen LogP contribution in [0.5, 0.6) is 0 Å². The largest absolute Gasteiger partial charge is 0.363 e. The molecule has 0 saturated carbocycles. The predicted molar refractivity (Wildman–Crippen MR) is 101 cm³/mol. The second-order valence-corrected chi connectivity index (χ2v) is 9.41. The van der Waals surface area contributed by atoms with Gasteiger partial charge < -0.3 is 10.2 Å². The highest BCUT2D eigenvalue weighted by Gasteiger charge is 2.38. The monoisotopic (exact) mass is 395 g/mol. The van der Waals surface area contributed by atoms with E-state index in [0.29, 0.717) is 13.1 Å². The lowest BCUT2D eigenvalue weighted by atomic mass is 10.1. The highest BCUT2D eigenvalue weighted by molar-refractivity contribution is 7.91. The summed E-state index contributed by atoms with van der Waals surface area (Å²) in [6.45, 7) is 6.07. The molecule has 0 radical (unpaired) electrons. The van der Waals surface area contributed by atoms with E-state index in [0.717, 1.165) is 17.0 Å². The number of hydrogen-bond acceptors (Lipinski definition) is 7. The maximum Gasteiger partial charge on any atom is 0.272 e. The molecule has 2 aromatic rings. The fraction of sp³-hybridized carbons (Fsp3) is 0.438. The minimum absolute atomic E-state index is 0.0126. The summed E-state index contributed by atoms with van der Waals surface area (Å²) in [4.78, 5) is 13.3. The summed E-state index contributed by atoms with van der Waals surface area (Å²) in [6, 6.07) is 9.99. The van der Waals surface area contributed by atoms with E-state index < -0.39 is 10.0 Å². The van der Waals surface area contributed by atoms with Crippen LogP contribution in [0.4, 0.5) is 10.8 Å². The van der Waals surface area contributed by atoms with Crippen molar-refractivity contribution in [3.8, 4) is 0 Å². The number of nitrogens with zero attached hydrogens (tertiary/aromatic N) is 4. The molecule has 1 N–H and O–H groups in total. The normalized spacial score (nSPS) is 21.6. The van der Waals surface area contributed by atoms with Gasteiger partial charge in [0.05, 0.1) is 0 Å². The predicted octanol–water partition coefficient (Wildman–Crippen LogP) is 1.78. The van der Waals surface area contributed by atoms with Crippen LogP contribution < -0.4 is 10.2 Å². The molecule has 1 aliphatic rings. The number of amides is 1. The molecule has 1 aromatic carbocycles. The molecule has 26 heavy (non-hydrogen) atoms. The Balaban J connectivity index is 1.80. The van der Waals surface area contributed by atoms with Crippen LogP contribution in [0.25, 0.3) is 0 Å². The lowest BCUT2D eigenvalue weighted by Crippen LogP contribution is -2.58. The second-order valence-electron chi connectivity index (χ2n) is 6.32. The third-order valence-electron chi connectivity index (χ3n) is 4.19. The first-order valence-electron chi connectivity index (χ1n) is 8.23. The number of carbonyl (C=O) groups is 1. The van der Waals surface area contributed by atoms with Gasteiger partial charge in [-0.2, -0.15) is 4.31 Å². The molecule has 10 heteroatoms. The van der Waals surface area contributed by atoms with E-state index in [4.69, 9.17) is 0 Å². The number of para-hydroxylation sites is 1. The van der Waals surface area contributed by atoms with Gasteiger partial charge in [0.15, 0.2) is 0 Å². The molecule has 0 spiro atoms. The molecule has 140 valence electrons. The highest BCUT2D eigenvalue weighted by Crippen LogP contribution is 2.29. The molecule has 2 heterocycles. The van der Waals surface area contributed by atoms with Crippen LogP contribution in [0.1, 0.15) is 20.8 Å². The first kappa shape index (κ1) is 18.7. The van der Waals surface area contributed by atoms with Crippen LogP contribution in [0.15, 0.2) is 34.7 Å². The minimum Gasteiger partial charge on any atom is -0.363 e. The van der Waals surface area contributed by atoms with Gasteiger partial charge in [-0.25, -0.2) is 8.42 Å². The fourth-order valence-corrected chi connectivity index (χ4v) is 5.89. The molecule has 1 aromatic heterocycles. The molecule has 2 unspecified atom stereocenters. The van der Waals surface area contributed by atoms with Crippen molar-refractivity contribution in [3.63, 3.8) is 0 Å². The van der Waals surface area contributed by atoms with Crippen LogP contribution in [0.3, 0.4) is 0 Å². The van der Waals surface area contributed by atoms with E-state index in [-0.39, 0.29) is 27.5 Å². The smallest absolute Gasteiger partial charge is 0.272 e. The van der Waals surface area contributed by atoms with E-state index in [2.05, 4.69) is 20.4 Å². The average Bonchev–Trinajstić information content (AvgIpc) is 3.03. The third kappa shape index (κ3) is 3.71. The molecule has 0 aliphatic carbocycles. The van der Waals surface area contributed by atoms with E-state index in [1.165, 1.54) is 11.2 Å². The quantitative estimate of drug-likeness (QED) is 0.793. The van der Waals surface area contributed by atoms with Crippen molar-refractivity contribution < 1.29 is 13.2 Å². The summed E-state index contributed by atoms with van der Waals surface area (Å²) in [5.41, 5.74) is 1.08. The van der Waals surface area contributed by atoms with Crippen molar-refractivity contribution in [2.45, 2.75) is 37.2 Å². The number of nitrogens with one attached hydrogen (secondary N) is 1. The van der Waals surface area contributed by atoms with Gasteiger partial charge in [0.2, 0.25) is 15.4 Å². The van der Waals surface area contributed by atoms with Crippen LogP contribution >= 0.6 is 11.3 Å². The summed E-state index contributed by atoms with van der Waals surface area (Å²) >= 11 is 0.864. The Morgan fingerprint density at radius 3 is 2.35 bits per heavy atom. The van der Waals surface area contributed by atoms with Gasteiger partial charge in [0.1, 0.15) is 0 Å². The van der Waals surface area contributed by atoms with Crippen molar-refractivity contribution in [1.29, 1.82) is 0 Å². The van der Waals surface area contributed by atoms with E-state index in [1.54, 1.807) is 0 Å². The number of anilines is 2. The van der Waals surface area contributed by atoms with Crippen molar-refractivity contribution in [3.05, 3.63) is 30.3 Å². The molecule has 8 nitrogen and oxygen atoms in total. The van der Waals surface area contributed by atoms with Gasteiger partial charge in [-0.15, -0.1) is 10.2 Å². The first-order valence-corrected chi connectivity index (χ1v) is 10.5. The minimum atomic E-state index is -3.75. The molecule has 1 saturated heterocycles. The van der Waals surface area contributed by atoms with Gasteiger partial charge >= 0.3 is 0 Å². The molecule has 2 atom stereocenters. The Kier molecular flexibility index (Phi) is 5.26. The highest BCUT2D eigenvalue weighted by atomic mass is 32.2. The summed E-state index contributed by atoms with van der Waals surface area (Å²) in [5.74, 6) is -0.316. The number of carbonyl (C=O) groups excluding carboxylic acids is 1. The zero-order chi connectivity index (χ0) is 18.9. The Bertz CT molecular complexity index is 872. The molecule has 1 fully saturated rings. The van der Waals surface area contributed by atoms with Crippen LogP contribution in [-0.2, 0) is 14.8 Å². The maximum absolute atomic E-state index is 12.9. The summed E-state index contributed by atoms with van der Waals surface area (Å²) in [5, 5.41) is 10.1. The fourth-order valence-electron chi connectivity index (χ4n) is 3.21. The second kappa shape index (κ2) is 7.29. The van der Waals surface area contributed by atoms with Gasteiger partial charge in [0.25, 0.3) is 10.0 Å². The van der Waals surface area contributed by atoms with Crippen LogP contribution in [-0.4, -0.2) is 54.0 Å². The lowest BCUT2D eigenvalue weighted by molar-refractivity contribution is -0.114. The molecule has 1 aliphatic heterocycles. The van der Waals surface area contributed by atoms with Gasteiger partial charge in [-0.05, 0) is 26.0 Å². The maximum atomic E-state index is 12.9. The molecular weight excluding hydrogens is 374 g/mol. The Morgan fingerprint density at radius 1 is 1.15 bits per heavy atom. The zero-order valence-electron chi connectivity index (χ0n) is 14.8. The van der Waals surface area contributed by atoms with Gasteiger partial charge in [-0.3, -0.25) is 4.79 Å². The summed E-state index contributed by atoms with van der Waals surface area (Å²) in [6.07, 6.45) is 0. The first-order chi connectivity index (χ1) is 12.3. The summed E-state index contributed by atoms with van der Waals surface area (Å²) in [7, 11) is -3.75. The van der Waals surface area contributed by atoms with Gasteiger partial charge in [-0.1, -0.05) is 29.5 Å². The third-order valence-corrected chi connectivity index (χ3v) is 7.21. The van der Waals surface area contributed by atoms with Crippen molar-refractivity contribution in [2.24, 2.45) is 0 Å². The number of benzene rings is 1. The number of aromatic nitrogens is 2. The van der Waals surface area contributed by atoms with Crippen LogP contribution in [0, 0.1) is 0 Å². The molecule has 1 amide bonds. The summed E-state index contributed by atoms with van der Waals surface area (Å²) < 4.78 is 27.2. The topological polar surface area (TPSA) is 95.5 Å². The number of rotatable bonds is 4. The Morgan fingerprint density at radius 2 is 1.77 bits per heavy atom. The van der Waals surface area contributed by atoms with E-state index >= 15 is 0 Å². The SMILES string of the molecule is CC(=O)Nc1nnc(S(=O)(=O)N2CC(C)N(c3ccccc3)C(C)C2)s1.